The summed E-state index contributed by atoms with van der Waals surface area (Å²) in [6.07, 6.45) is 1.68. The molecule has 0 heterocycles. The number of hydrogen-bond donors (Lipinski definition) is 3. The average Bonchev–Trinajstić information content (AvgIpc) is 2.63. The zero-order valence-corrected chi connectivity index (χ0v) is 13.6. The average molecular weight is 333 g/mol. The summed E-state index contributed by atoms with van der Waals surface area (Å²) in [5.41, 5.74) is 3.39. The van der Waals surface area contributed by atoms with E-state index in [0.717, 1.165) is 18.4 Å². The predicted octanol–water partition coefficient (Wildman–Crippen LogP) is 4.62. The Kier molecular flexibility index (Phi) is 5.00. The number of aryl methyl sites for hydroxylation is 2. The molecule has 0 saturated heterocycles. The molecule has 0 aromatic heterocycles. The molecule has 0 unspecified atom stereocenters. The Labute approximate surface area is 146 Å². The molecule has 0 aliphatic rings. The molecule has 0 amide bonds. The van der Waals surface area contributed by atoms with Crippen molar-refractivity contribution in [2.45, 2.75) is 12.8 Å². The van der Waals surface area contributed by atoms with E-state index in [1.807, 2.05) is 30.3 Å². The van der Waals surface area contributed by atoms with Gasteiger partial charge in [-0.05, 0) is 48.2 Å². The van der Waals surface area contributed by atoms with E-state index in [2.05, 4.69) is 17.4 Å². The van der Waals surface area contributed by atoms with Crippen LogP contribution in [0.25, 0.3) is 0 Å². The first kappa shape index (κ1) is 16.6. The number of phenolic OH excluding ortho intramolecular Hbond substituents is 1. The molecule has 3 rings (SSSR count). The lowest BCUT2D eigenvalue weighted by Gasteiger charge is -2.13. The summed E-state index contributed by atoms with van der Waals surface area (Å²) in [6, 6.07) is 22.2. The van der Waals surface area contributed by atoms with Crippen LogP contribution in [0.2, 0.25) is 0 Å². The molecule has 0 saturated carbocycles. The molecule has 25 heavy (non-hydrogen) atoms. The van der Waals surface area contributed by atoms with Gasteiger partial charge in [-0.1, -0.05) is 48.5 Å². The van der Waals surface area contributed by atoms with Crippen molar-refractivity contribution in [1.29, 1.82) is 0 Å². The van der Waals surface area contributed by atoms with Crippen molar-refractivity contribution in [3.63, 3.8) is 0 Å². The number of nitrogens with one attached hydrogen (secondary N) is 1. The van der Waals surface area contributed by atoms with Gasteiger partial charge in [-0.3, -0.25) is 0 Å². The molecule has 0 atom stereocenters. The topological polar surface area (TPSA) is 69.6 Å². The third kappa shape index (κ3) is 4.18. The zero-order chi connectivity index (χ0) is 17.6. The first-order valence-corrected chi connectivity index (χ1v) is 8.08. The van der Waals surface area contributed by atoms with Gasteiger partial charge < -0.3 is 15.5 Å². The number of benzene rings is 3. The van der Waals surface area contributed by atoms with Gasteiger partial charge in [0.1, 0.15) is 5.75 Å². The van der Waals surface area contributed by atoms with Crippen LogP contribution in [0.1, 0.15) is 21.5 Å². The summed E-state index contributed by atoms with van der Waals surface area (Å²) >= 11 is 0. The van der Waals surface area contributed by atoms with Crippen molar-refractivity contribution in [2.24, 2.45) is 0 Å². The smallest absolute Gasteiger partial charge is 0.337 e. The first-order valence-electron chi connectivity index (χ1n) is 8.08. The lowest BCUT2D eigenvalue weighted by molar-refractivity contribution is 0.0698. The van der Waals surface area contributed by atoms with Crippen molar-refractivity contribution < 1.29 is 15.0 Å². The van der Waals surface area contributed by atoms with E-state index in [4.69, 9.17) is 0 Å². The van der Waals surface area contributed by atoms with Gasteiger partial charge in [0, 0.05) is 0 Å². The second kappa shape index (κ2) is 7.53. The molecule has 4 heteroatoms. The summed E-state index contributed by atoms with van der Waals surface area (Å²) < 4.78 is 0. The van der Waals surface area contributed by atoms with Crippen LogP contribution < -0.4 is 5.32 Å². The molecular weight excluding hydrogens is 314 g/mol. The highest BCUT2D eigenvalue weighted by Crippen LogP contribution is 2.29. The minimum atomic E-state index is -1.01. The maximum atomic E-state index is 11.5. The van der Waals surface area contributed by atoms with Crippen LogP contribution in [-0.2, 0) is 12.8 Å². The Balaban J connectivity index is 1.84. The van der Waals surface area contributed by atoms with Gasteiger partial charge in [0.05, 0.1) is 16.9 Å². The molecule has 4 nitrogen and oxygen atoms in total. The third-order valence-corrected chi connectivity index (χ3v) is 4.03. The lowest BCUT2D eigenvalue weighted by atomic mass is 10.0. The number of aromatic carboxylic acids is 1. The molecule has 0 radical (unpaired) electrons. The second-order valence-electron chi connectivity index (χ2n) is 5.81. The number of rotatable bonds is 6. The van der Waals surface area contributed by atoms with E-state index < -0.39 is 5.97 Å². The minimum absolute atomic E-state index is 0.0773. The highest BCUT2D eigenvalue weighted by molar-refractivity contribution is 5.95. The Morgan fingerprint density at radius 2 is 1.48 bits per heavy atom. The third-order valence-electron chi connectivity index (χ3n) is 4.03. The molecule has 0 bridgehead atoms. The van der Waals surface area contributed by atoms with Crippen molar-refractivity contribution in [2.75, 3.05) is 5.32 Å². The fourth-order valence-corrected chi connectivity index (χ4v) is 2.69. The second-order valence-corrected chi connectivity index (χ2v) is 5.81. The molecule has 0 fully saturated rings. The summed E-state index contributed by atoms with van der Waals surface area (Å²) in [4.78, 5) is 11.5. The molecular formula is C21H19NO3. The molecule has 3 aromatic carbocycles. The van der Waals surface area contributed by atoms with Crippen LogP contribution in [0.15, 0.2) is 72.8 Å². The Hall–Kier alpha value is -3.27. The van der Waals surface area contributed by atoms with Crippen molar-refractivity contribution in [3.8, 4) is 5.75 Å². The number of carbonyl (C=O) groups is 1. The maximum absolute atomic E-state index is 11.5. The van der Waals surface area contributed by atoms with Crippen molar-refractivity contribution in [3.05, 3.63) is 89.5 Å². The van der Waals surface area contributed by atoms with E-state index in [1.54, 1.807) is 30.3 Å². The zero-order valence-electron chi connectivity index (χ0n) is 13.6. The van der Waals surface area contributed by atoms with E-state index in [0.29, 0.717) is 11.4 Å². The van der Waals surface area contributed by atoms with Gasteiger partial charge in [0.25, 0.3) is 0 Å². The Morgan fingerprint density at radius 3 is 2.20 bits per heavy atom. The molecule has 3 aromatic rings. The number of para-hydroxylation sites is 2. The van der Waals surface area contributed by atoms with Gasteiger partial charge in [-0.15, -0.1) is 0 Å². The number of hydrogen-bond acceptors (Lipinski definition) is 3. The van der Waals surface area contributed by atoms with Crippen molar-refractivity contribution >= 4 is 17.3 Å². The summed E-state index contributed by atoms with van der Waals surface area (Å²) in [7, 11) is 0. The van der Waals surface area contributed by atoms with Gasteiger partial charge in [-0.25, -0.2) is 4.79 Å². The normalized spacial score (nSPS) is 10.4. The predicted molar refractivity (Wildman–Crippen MR) is 98.6 cm³/mol. The van der Waals surface area contributed by atoms with Gasteiger partial charge in [-0.2, -0.15) is 0 Å². The highest BCUT2D eigenvalue weighted by Gasteiger charge is 2.12. The van der Waals surface area contributed by atoms with Crippen LogP contribution in [0.4, 0.5) is 11.4 Å². The molecule has 0 aliphatic heterocycles. The van der Waals surface area contributed by atoms with Gasteiger partial charge in [0.2, 0.25) is 0 Å². The SMILES string of the molecule is O=C(O)c1ccc(CCc2ccccc2)cc1Nc1ccccc1O. The van der Waals surface area contributed by atoms with Gasteiger partial charge in [0.15, 0.2) is 0 Å². The monoisotopic (exact) mass is 333 g/mol. The number of carboxylic acids is 1. The maximum Gasteiger partial charge on any atom is 0.337 e. The Morgan fingerprint density at radius 1 is 0.800 bits per heavy atom. The molecule has 126 valence electrons. The van der Waals surface area contributed by atoms with E-state index >= 15 is 0 Å². The molecule has 3 N–H and O–H groups in total. The fraction of sp³-hybridized carbons (Fsp3) is 0.0952. The van der Waals surface area contributed by atoms with E-state index in [-0.39, 0.29) is 11.3 Å². The quantitative estimate of drug-likeness (QED) is 0.576. The number of phenols is 1. The van der Waals surface area contributed by atoms with Gasteiger partial charge >= 0.3 is 5.97 Å². The van der Waals surface area contributed by atoms with Crippen LogP contribution >= 0.6 is 0 Å². The van der Waals surface area contributed by atoms with E-state index in [9.17, 15) is 15.0 Å². The number of carboxylic acid groups (broad SMARTS) is 1. The first-order chi connectivity index (χ1) is 12.1. The largest absolute Gasteiger partial charge is 0.506 e. The standard InChI is InChI=1S/C21H19NO3/c23-20-9-5-4-8-18(20)22-19-14-16(12-13-17(19)21(24)25)11-10-15-6-2-1-3-7-15/h1-9,12-14,22-23H,10-11H2,(H,24,25). The molecule has 0 aliphatic carbocycles. The van der Waals surface area contributed by atoms with E-state index in [1.165, 1.54) is 5.56 Å². The van der Waals surface area contributed by atoms with Crippen LogP contribution in [0.5, 0.6) is 5.75 Å². The Bertz CT molecular complexity index is 875. The molecule has 0 spiro atoms. The number of aromatic hydroxyl groups is 1. The van der Waals surface area contributed by atoms with Crippen molar-refractivity contribution in [1.82, 2.24) is 0 Å². The van der Waals surface area contributed by atoms with Crippen LogP contribution in [-0.4, -0.2) is 16.2 Å². The van der Waals surface area contributed by atoms with Crippen LogP contribution in [0.3, 0.4) is 0 Å². The lowest BCUT2D eigenvalue weighted by Crippen LogP contribution is -2.04. The fourth-order valence-electron chi connectivity index (χ4n) is 2.69. The highest BCUT2D eigenvalue weighted by atomic mass is 16.4. The summed E-state index contributed by atoms with van der Waals surface area (Å²) in [6.45, 7) is 0. The number of anilines is 2. The summed E-state index contributed by atoms with van der Waals surface area (Å²) in [5, 5.41) is 22.4. The minimum Gasteiger partial charge on any atom is -0.506 e. The van der Waals surface area contributed by atoms with Crippen LogP contribution in [0, 0.1) is 0 Å². The summed E-state index contributed by atoms with van der Waals surface area (Å²) in [5.74, 6) is -0.930.